The molecule has 21 heavy (non-hydrogen) atoms. The summed E-state index contributed by atoms with van der Waals surface area (Å²) in [5.41, 5.74) is 2.08. The highest BCUT2D eigenvalue weighted by Gasteiger charge is 2.22. The van der Waals surface area contributed by atoms with Gasteiger partial charge in [0.25, 0.3) is 0 Å². The summed E-state index contributed by atoms with van der Waals surface area (Å²) in [4.78, 5) is 11.5. The normalized spacial score (nSPS) is 23.3. The molecule has 0 amide bonds. The number of hydrogen-bond donors (Lipinski definition) is 1. The van der Waals surface area contributed by atoms with Gasteiger partial charge in [0.2, 0.25) is 0 Å². The number of hydrogen-bond acceptors (Lipinski definition) is 5. The molecule has 112 valence electrons. The molecule has 1 fully saturated rings. The molecule has 2 atom stereocenters. The number of pyridine rings is 1. The molecular weight excluding hydrogens is 280 g/mol. The van der Waals surface area contributed by atoms with Crippen LogP contribution in [0.4, 0.5) is 0 Å². The molecule has 0 spiro atoms. The summed E-state index contributed by atoms with van der Waals surface area (Å²) in [5.74, 6) is 0. The Hall–Kier alpha value is -1.30. The largest absolute Gasteiger partial charge is 0.308 e. The van der Waals surface area contributed by atoms with Gasteiger partial charge in [-0.15, -0.1) is 11.3 Å². The lowest BCUT2D eigenvalue weighted by atomic mass is 9.99. The predicted molar refractivity (Wildman–Crippen MR) is 87.3 cm³/mol. The minimum absolute atomic E-state index is 0.608. The molecule has 3 rings (SSSR count). The van der Waals surface area contributed by atoms with Crippen LogP contribution >= 0.6 is 11.3 Å². The second-order valence-corrected chi connectivity index (χ2v) is 6.65. The number of thiazole rings is 1. The average molecular weight is 302 g/mol. The fraction of sp³-hybridized carbons (Fsp3) is 0.500. The van der Waals surface area contributed by atoms with Crippen molar-refractivity contribution in [3.05, 3.63) is 35.5 Å². The second-order valence-electron chi connectivity index (χ2n) is 5.79. The van der Waals surface area contributed by atoms with Gasteiger partial charge in [0.1, 0.15) is 5.01 Å². The molecule has 1 aliphatic rings. The molecule has 0 bridgehead atoms. The van der Waals surface area contributed by atoms with Gasteiger partial charge in [-0.2, -0.15) is 0 Å². The zero-order valence-electron chi connectivity index (χ0n) is 12.6. The van der Waals surface area contributed by atoms with Gasteiger partial charge in [-0.3, -0.25) is 4.98 Å². The highest BCUT2D eigenvalue weighted by molar-refractivity contribution is 7.13. The SMILES string of the molecule is CC1CC(NCc2csc(-c3ccccn3)n2)CCN1C. The molecule has 0 radical (unpaired) electrons. The molecule has 2 aromatic heterocycles. The smallest absolute Gasteiger partial charge is 0.142 e. The molecule has 0 aliphatic carbocycles. The van der Waals surface area contributed by atoms with E-state index in [1.54, 1.807) is 11.3 Å². The van der Waals surface area contributed by atoms with Gasteiger partial charge in [-0.05, 0) is 45.5 Å². The Morgan fingerprint density at radius 3 is 3.10 bits per heavy atom. The van der Waals surface area contributed by atoms with Crippen LogP contribution in [-0.2, 0) is 6.54 Å². The number of nitrogens with one attached hydrogen (secondary N) is 1. The van der Waals surface area contributed by atoms with Gasteiger partial charge in [0.05, 0.1) is 11.4 Å². The number of nitrogens with zero attached hydrogens (tertiary/aromatic N) is 3. The Kier molecular flexibility index (Phi) is 4.63. The van der Waals surface area contributed by atoms with Gasteiger partial charge >= 0.3 is 0 Å². The number of aromatic nitrogens is 2. The summed E-state index contributed by atoms with van der Waals surface area (Å²) in [6.07, 6.45) is 4.25. The Labute approximate surface area is 130 Å². The first kappa shape index (κ1) is 14.6. The Morgan fingerprint density at radius 2 is 2.33 bits per heavy atom. The molecule has 0 saturated carbocycles. The van der Waals surface area contributed by atoms with Gasteiger partial charge in [0.15, 0.2) is 0 Å². The van der Waals surface area contributed by atoms with Crippen LogP contribution < -0.4 is 5.32 Å². The van der Waals surface area contributed by atoms with E-state index in [1.807, 2.05) is 24.4 Å². The van der Waals surface area contributed by atoms with E-state index >= 15 is 0 Å². The molecule has 3 heterocycles. The maximum Gasteiger partial charge on any atom is 0.142 e. The first-order valence-corrected chi connectivity index (χ1v) is 8.40. The van der Waals surface area contributed by atoms with Crippen molar-refractivity contribution < 1.29 is 0 Å². The van der Waals surface area contributed by atoms with Gasteiger partial charge in [-0.25, -0.2) is 4.98 Å². The minimum atomic E-state index is 0.608. The van der Waals surface area contributed by atoms with Crippen molar-refractivity contribution in [2.45, 2.75) is 38.4 Å². The Bertz CT molecular complexity index is 569. The topological polar surface area (TPSA) is 41.1 Å². The van der Waals surface area contributed by atoms with E-state index in [0.717, 1.165) is 22.9 Å². The number of piperidine rings is 1. The van der Waals surface area contributed by atoms with E-state index in [0.29, 0.717) is 12.1 Å². The molecule has 5 heteroatoms. The quantitative estimate of drug-likeness (QED) is 0.943. The summed E-state index contributed by atoms with van der Waals surface area (Å²) in [6, 6.07) is 7.21. The van der Waals surface area contributed by atoms with Crippen molar-refractivity contribution in [1.82, 2.24) is 20.2 Å². The minimum Gasteiger partial charge on any atom is -0.308 e. The van der Waals surface area contributed by atoms with Crippen molar-refractivity contribution in [2.75, 3.05) is 13.6 Å². The number of likely N-dealkylation sites (tertiary alicyclic amines) is 1. The Morgan fingerprint density at radius 1 is 1.43 bits per heavy atom. The first-order chi connectivity index (χ1) is 10.2. The van der Waals surface area contributed by atoms with Crippen LogP contribution in [0.3, 0.4) is 0 Å². The van der Waals surface area contributed by atoms with E-state index in [-0.39, 0.29) is 0 Å². The third kappa shape index (κ3) is 3.67. The maximum absolute atomic E-state index is 4.68. The zero-order chi connectivity index (χ0) is 14.7. The standard InChI is InChI=1S/C16H22N4S/c1-12-9-13(6-8-20(12)2)18-10-14-11-21-16(19-14)15-5-3-4-7-17-15/h3-5,7,11-13,18H,6,8-10H2,1-2H3. The fourth-order valence-corrected chi connectivity index (χ4v) is 3.51. The summed E-state index contributed by atoms with van der Waals surface area (Å²) in [5, 5.41) is 6.79. The van der Waals surface area contributed by atoms with Crippen LogP contribution in [0.1, 0.15) is 25.5 Å². The van der Waals surface area contributed by atoms with Crippen LogP contribution in [0.15, 0.2) is 29.8 Å². The molecule has 2 aromatic rings. The van der Waals surface area contributed by atoms with Crippen molar-refractivity contribution in [2.24, 2.45) is 0 Å². The molecule has 4 nitrogen and oxygen atoms in total. The van der Waals surface area contributed by atoms with E-state index < -0.39 is 0 Å². The molecule has 1 saturated heterocycles. The third-order valence-corrected chi connectivity index (χ3v) is 5.13. The van der Waals surface area contributed by atoms with E-state index in [9.17, 15) is 0 Å². The van der Waals surface area contributed by atoms with Crippen LogP contribution in [-0.4, -0.2) is 40.5 Å². The van der Waals surface area contributed by atoms with Crippen molar-refractivity contribution in [1.29, 1.82) is 0 Å². The average Bonchev–Trinajstić information content (AvgIpc) is 2.98. The van der Waals surface area contributed by atoms with Crippen LogP contribution in [0, 0.1) is 0 Å². The molecule has 0 aromatic carbocycles. The van der Waals surface area contributed by atoms with E-state index in [2.05, 4.69) is 39.5 Å². The highest BCUT2D eigenvalue weighted by Crippen LogP contribution is 2.22. The van der Waals surface area contributed by atoms with Gasteiger partial charge in [-0.1, -0.05) is 6.07 Å². The monoisotopic (exact) mass is 302 g/mol. The third-order valence-electron chi connectivity index (χ3n) is 4.22. The van der Waals surface area contributed by atoms with E-state index in [1.165, 1.54) is 19.4 Å². The lowest BCUT2D eigenvalue weighted by molar-refractivity contribution is 0.168. The summed E-state index contributed by atoms with van der Waals surface area (Å²) in [6.45, 7) is 4.33. The predicted octanol–water partition coefficient (Wildman–Crippen LogP) is 2.78. The lowest BCUT2D eigenvalue weighted by Gasteiger charge is -2.35. The van der Waals surface area contributed by atoms with Gasteiger partial charge in [0, 0.05) is 30.2 Å². The van der Waals surface area contributed by atoms with Crippen LogP contribution in [0.2, 0.25) is 0 Å². The molecule has 1 N–H and O–H groups in total. The summed E-state index contributed by atoms with van der Waals surface area (Å²) >= 11 is 1.67. The second kappa shape index (κ2) is 6.64. The molecule has 1 aliphatic heterocycles. The van der Waals surface area contributed by atoms with Crippen LogP contribution in [0.5, 0.6) is 0 Å². The molecular formula is C16H22N4S. The van der Waals surface area contributed by atoms with Crippen molar-refractivity contribution >= 4 is 11.3 Å². The summed E-state index contributed by atoms with van der Waals surface area (Å²) in [7, 11) is 2.21. The number of rotatable bonds is 4. The highest BCUT2D eigenvalue weighted by atomic mass is 32.1. The van der Waals surface area contributed by atoms with Crippen LogP contribution in [0.25, 0.3) is 10.7 Å². The Balaban J connectivity index is 1.56. The maximum atomic E-state index is 4.68. The molecule has 2 unspecified atom stereocenters. The lowest BCUT2D eigenvalue weighted by Crippen LogP contribution is -2.45. The van der Waals surface area contributed by atoms with Crippen molar-refractivity contribution in [3.8, 4) is 10.7 Å². The summed E-state index contributed by atoms with van der Waals surface area (Å²) < 4.78 is 0. The zero-order valence-corrected chi connectivity index (χ0v) is 13.4. The first-order valence-electron chi connectivity index (χ1n) is 7.52. The van der Waals surface area contributed by atoms with E-state index in [4.69, 9.17) is 0 Å². The van der Waals surface area contributed by atoms with Crippen molar-refractivity contribution in [3.63, 3.8) is 0 Å². The van der Waals surface area contributed by atoms with Gasteiger partial charge < -0.3 is 10.2 Å². The fourth-order valence-electron chi connectivity index (χ4n) is 2.72.